The van der Waals surface area contributed by atoms with Gasteiger partial charge in [-0.2, -0.15) is 0 Å². The molecule has 0 aliphatic carbocycles. The third-order valence-corrected chi connectivity index (χ3v) is 3.23. The number of nitrogens with one attached hydrogen (secondary N) is 2. The molecule has 0 radical (unpaired) electrons. The monoisotopic (exact) mass is 290 g/mol. The summed E-state index contributed by atoms with van der Waals surface area (Å²) in [6.07, 6.45) is 0. The Bertz CT molecular complexity index is 658. The first kappa shape index (κ1) is 15.0. The van der Waals surface area contributed by atoms with Gasteiger partial charge in [0.25, 0.3) is 5.91 Å². The van der Waals surface area contributed by atoms with Crippen LogP contribution in [-0.2, 0) is 0 Å². The first-order valence-corrected chi connectivity index (χ1v) is 6.56. The van der Waals surface area contributed by atoms with Crippen LogP contribution >= 0.6 is 0 Å². The van der Waals surface area contributed by atoms with E-state index in [1.54, 1.807) is 25.1 Å². The second-order valence-electron chi connectivity index (χ2n) is 4.63. The summed E-state index contributed by atoms with van der Waals surface area (Å²) in [5.41, 5.74) is 0.685. The first-order valence-electron chi connectivity index (χ1n) is 6.56. The van der Waals surface area contributed by atoms with E-state index in [0.717, 1.165) is 0 Å². The van der Waals surface area contributed by atoms with Gasteiger partial charge in [-0.1, -0.05) is 24.3 Å². The minimum Gasteiger partial charge on any atom is -0.385 e. The van der Waals surface area contributed by atoms with Crippen molar-refractivity contribution in [2.45, 2.75) is 13.0 Å². The van der Waals surface area contributed by atoms with Gasteiger partial charge in [-0.3, -0.25) is 4.79 Å². The van der Waals surface area contributed by atoms with Gasteiger partial charge in [0.2, 0.25) is 0 Å². The Morgan fingerprint density at radius 3 is 2.38 bits per heavy atom. The van der Waals surface area contributed by atoms with Gasteiger partial charge in [0.1, 0.15) is 11.6 Å². The summed E-state index contributed by atoms with van der Waals surface area (Å²) < 4.78 is 27.3. The van der Waals surface area contributed by atoms with Gasteiger partial charge in [-0.05, 0) is 25.1 Å². The van der Waals surface area contributed by atoms with Crippen molar-refractivity contribution in [2.75, 3.05) is 12.4 Å². The molecule has 0 aliphatic rings. The van der Waals surface area contributed by atoms with Crippen molar-refractivity contribution in [1.29, 1.82) is 0 Å². The maximum absolute atomic E-state index is 13.7. The largest absolute Gasteiger partial charge is 0.385 e. The van der Waals surface area contributed by atoms with Crippen molar-refractivity contribution in [1.82, 2.24) is 5.32 Å². The molecule has 2 aromatic carbocycles. The molecule has 0 aliphatic heterocycles. The number of hydrogen-bond acceptors (Lipinski definition) is 2. The zero-order valence-electron chi connectivity index (χ0n) is 11.8. The topological polar surface area (TPSA) is 41.1 Å². The van der Waals surface area contributed by atoms with Gasteiger partial charge < -0.3 is 10.6 Å². The van der Waals surface area contributed by atoms with Crippen LogP contribution in [-0.4, -0.2) is 13.0 Å². The van der Waals surface area contributed by atoms with Gasteiger partial charge in [0.15, 0.2) is 0 Å². The van der Waals surface area contributed by atoms with Crippen LogP contribution in [0.5, 0.6) is 0 Å². The number of benzene rings is 2. The Hall–Kier alpha value is -2.43. The average molecular weight is 290 g/mol. The van der Waals surface area contributed by atoms with Crippen molar-refractivity contribution in [2.24, 2.45) is 0 Å². The van der Waals surface area contributed by atoms with Crippen LogP contribution in [0, 0.1) is 11.6 Å². The number of hydrogen-bond donors (Lipinski definition) is 2. The van der Waals surface area contributed by atoms with E-state index in [9.17, 15) is 13.6 Å². The molecule has 0 bridgehead atoms. The molecule has 0 saturated heterocycles. The van der Waals surface area contributed by atoms with E-state index in [1.807, 2.05) is 0 Å². The third kappa shape index (κ3) is 3.18. The van der Waals surface area contributed by atoms with E-state index >= 15 is 0 Å². The molecule has 1 unspecified atom stereocenters. The smallest absolute Gasteiger partial charge is 0.253 e. The van der Waals surface area contributed by atoms with Crippen molar-refractivity contribution in [3.63, 3.8) is 0 Å². The summed E-state index contributed by atoms with van der Waals surface area (Å²) in [6, 6.07) is 9.93. The van der Waals surface area contributed by atoms with Crippen LogP contribution in [0.1, 0.15) is 28.9 Å². The van der Waals surface area contributed by atoms with E-state index in [4.69, 9.17) is 0 Å². The molecule has 2 N–H and O–H groups in total. The highest BCUT2D eigenvalue weighted by Crippen LogP contribution is 2.21. The zero-order chi connectivity index (χ0) is 15.4. The first-order chi connectivity index (χ1) is 10.0. The zero-order valence-corrected chi connectivity index (χ0v) is 11.8. The molecule has 0 saturated carbocycles. The summed E-state index contributed by atoms with van der Waals surface area (Å²) in [7, 11) is 1.54. The Labute approximate surface area is 122 Å². The lowest BCUT2D eigenvalue weighted by Gasteiger charge is -2.16. The minimum absolute atomic E-state index is 0.121. The van der Waals surface area contributed by atoms with E-state index < -0.39 is 23.6 Å². The lowest BCUT2D eigenvalue weighted by atomic mass is 10.1. The summed E-state index contributed by atoms with van der Waals surface area (Å²) in [5.74, 6) is -1.36. The number of halogens is 2. The molecule has 21 heavy (non-hydrogen) atoms. The molecule has 1 atom stereocenters. The van der Waals surface area contributed by atoms with Crippen LogP contribution in [0.3, 0.4) is 0 Å². The maximum Gasteiger partial charge on any atom is 0.253 e. The highest BCUT2D eigenvalue weighted by atomic mass is 19.1. The van der Waals surface area contributed by atoms with E-state index in [2.05, 4.69) is 10.6 Å². The SMILES string of the molecule is CNc1c(F)cccc1C(=O)NC(C)c1ccccc1F. The molecule has 0 fully saturated rings. The van der Waals surface area contributed by atoms with Gasteiger partial charge in [-0.25, -0.2) is 8.78 Å². The normalized spacial score (nSPS) is 11.8. The summed E-state index contributed by atoms with van der Waals surface area (Å²) in [6.45, 7) is 1.68. The molecule has 0 aromatic heterocycles. The lowest BCUT2D eigenvalue weighted by molar-refractivity contribution is 0.0940. The van der Waals surface area contributed by atoms with Crippen molar-refractivity contribution in [3.8, 4) is 0 Å². The van der Waals surface area contributed by atoms with Crippen molar-refractivity contribution in [3.05, 3.63) is 65.2 Å². The number of amides is 1. The van der Waals surface area contributed by atoms with Gasteiger partial charge in [0.05, 0.1) is 17.3 Å². The molecule has 110 valence electrons. The highest BCUT2D eigenvalue weighted by Gasteiger charge is 2.18. The van der Waals surface area contributed by atoms with Crippen LogP contribution in [0.15, 0.2) is 42.5 Å². The fourth-order valence-corrected chi connectivity index (χ4v) is 2.15. The van der Waals surface area contributed by atoms with Crippen LogP contribution in [0.2, 0.25) is 0 Å². The molecule has 0 spiro atoms. The average Bonchev–Trinajstić information content (AvgIpc) is 2.47. The van der Waals surface area contributed by atoms with Gasteiger partial charge >= 0.3 is 0 Å². The fraction of sp³-hybridized carbons (Fsp3) is 0.188. The van der Waals surface area contributed by atoms with Gasteiger partial charge in [0, 0.05) is 12.6 Å². The summed E-state index contributed by atoms with van der Waals surface area (Å²) in [4.78, 5) is 12.2. The Kier molecular flexibility index (Phi) is 4.52. The molecule has 5 heteroatoms. The summed E-state index contributed by atoms with van der Waals surface area (Å²) in [5, 5.41) is 5.33. The number of anilines is 1. The number of rotatable bonds is 4. The second kappa shape index (κ2) is 6.35. The van der Waals surface area contributed by atoms with Gasteiger partial charge in [-0.15, -0.1) is 0 Å². The highest BCUT2D eigenvalue weighted by molar-refractivity contribution is 5.99. The predicted molar refractivity (Wildman–Crippen MR) is 78.2 cm³/mol. The van der Waals surface area contributed by atoms with E-state index in [1.165, 1.54) is 31.3 Å². The minimum atomic E-state index is -0.522. The summed E-state index contributed by atoms with van der Waals surface area (Å²) >= 11 is 0. The molecule has 2 aromatic rings. The number of carbonyl (C=O) groups excluding carboxylic acids is 1. The number of para-hydroxylation sites is 1. The molecular formula is C16H16F2N2O. The predicted octanol–water partition coefficient (Wildman–Crippen LogP) is 3.50. The lowest BCUT2D eigenvalue weighted by Crippen LogP contribution is -2.28. The molecule has 0 heterocycles. The Balaban J connectivity index is 2.23. The Morgan fingerprint density at radius 2 is 1.71 bits per heavy atom. The molecule has 2 rings (SSSR count). The Morgan fingerprint density at radius 1 is 1.05 bits per heavy atom. The molecular weight excluding hydrogens is 274 g/mol. The third-order valence-electron chi connectivity index (χ3n) is 3.23. The van der Waals surface area contributed by atoms with E-state index in [0.29, 0.717) is 5.56 Å². The van der Waals surface area contributed by atoms with Crippen LogP contribution in [0.4, 0.5) is 14.5 Å². The fourth-order valence-electron chi connectivity index (χ4n) is 2.15. The van der Waals surface area contributed by atoms with Crippen molar-refractivity contribution >= 4 is 11.6 Å². The maximum atomic E-state index is 13.7. The standard InChI is InChI=1S/C16H16F2N2O/c1-10(11-6-3-4-8-13(11)17)20-16(21)12-7-5-9-14(18)15(12)19-2/h3-10,19H,1-2H3,(H,20,21). The van der Waals surface area contributed by atoms with Crippen LogP contribution < -0.4 is 10.6 Å². The second-order valence-corrected chi connectivity index (χ2v) is 4.63. The quantitative estimate of drug-likeness (QED) is 0.905. The van der Waals surface area contributed by atoms with Crippen LogP contribution in [0.25, 0.3) is 0 Å². The number of carbonyl (C=O) groups is 1. The molecule has 1 amide bonds. The van der Waals surface area contributed by atoms with E-state index in [-0.39, 0.29) is 11.3 Å². The molecule has 3 nitrogen and oxygen atoms in total. The van der Waals surface area contributed by atoms with Crippen molar-refractivity contribution < 1.29 is 13.6 Å².